The zero-order valence-corrected chi connectivity index (χ0v) is 5.81. The number of carbonyl (C=O) groups excluding carboxylic acids is 1. The van der Waals surface area contributed by atoms with Crippen LogP contribution < -0.4 is 0 Å². The van der Waals surface area contributed by atoms with Crippen LogP contribution in [0.3, 0.4) is 0 Å². The van der Waals surface area contributed by atoms with E-state index in [0.717, 1.165) is 0 Å². The SMILES string of the molecule is COC(=O)CCS(=O)O.[NaH]. The molecule has 1 atom stereocenters. The molecule has 0 rings (SSSR count). The Morgan fingerprint density at radius 1 is 1.70 bits per heavy atom. The van der Waals surface area contributed by atoms with Gasteiger partial charge in [-0.3, -0.25) is 4.79 Å². The van der Waals surface area contributed by atoms with Crippen LogP contribution in [0.2, 0.25) is 0 Å². The number of methoxy groups -OCH3 is 1. The van der Waals surface area contributed by atoms with Gasteiger partial charge in [-0.2, -0.15) is 0 Å². The van der Waals surface area contributed by atoms with Crippen molar-refractivity contribution >= 4 is 46.6 Å². The minimum absolute atomic E-state index is 0. The first kappa shape index (κ1) is 13.2. The minimum atomic E-state index is -1.89. The van der Waals surface area contributed by atoms with E-state index in [9.17, 15) is 9.00 Å². The Morgan fingerprint density at radius 3 is 2.50 bits per heavy atom. The molecule has 0 amide bonds. The van der Waals surface area contributed by atoms with Gasteiger partial charge in [-0.05, 0) is 0 Å². The van der Waals surface area contributed by atoms with Crippen molar-refractivity contribution in [3.8, 4) is 0 Å². The van der Waals surface area contributed by atoms with Gasteiger partial charge in [0.05, 0.1) is 19.3 Å². The summed E-state index contributed by atoms with van der Waals surface area (Å²) in [6, 6.07) is 0. The zero-order chi connectivity index (χ0) is 7.28. The molecule has 0 fully saturated rings. The molecule has 0 aromatic carbocycles. The number of rotatable bonds is 3. The maximum atomic E-state index is 10.2. The van der Waals surface area contributed by atoms with Gasteiger partial charge in [0.1, 0.15) is 0 Å². The van der Waals surface area contributed by atoms with Crippen LogP contribution in [-0.2, 0) is 20.6 Å². The van der Waals surface area contributed by atoms with Crippen molar-refractivity contribution in [1.29, 1.82) is 0 Å². The average molecular weight is 176 g/mol. The molecule has 0 aliphatic carbocycles. The van der Waals surface area contributed by atoms with Gasteiger partial charge in [-0.1, -0.05) is 0 Å². The molecule has 6 heteroatoms. The van der Waals surface area contributed by atoms with E-state index >= 15 is 0 Å². The van der Waals surface area contributed by atoms with Crippen LogP contribution in [0.5, 0.6) is 0 Å². The van der Waals surface area contributed by atoms with Gasteiger partial charge in [0.15, 0.2) is 11.1 Å². The van der Waals surface area contributed by atoms with E-state index in [1.807, 2.05) is 0 Å². The van der Waals surface area contributed by atoms with Crippen LogP contribution in [0.15, 0.2) is 0 Å². The molecule has 10 heavy (non-hydrogen) atoms. The molecule has 1 unspecified atom stereocenters. The van der Waals surface area contributed by atoms with E-state index in [4.69, 9.17) is 4.55 Å². The molecule has 56 valence electrons. The van der Waals surface area contributed by atoms with E-state index in [0.29, 0.717) is 0 Å². The Hall–Kier alpha value is 0.580. The normalized spacial score (nSPS) is 11.4. The third kappa shape index (κ3) is 8.58. The molecule has 0 spiro atoms. The fourth-order valence-corrected chi connectivity index (χ4v) is 0.614. The van der Waals surface area contributed by atoms with Crippen molar-refractivity contribution in [2.45, 2.75) is 6.42 Å². The standard InChI is InChI=1S/C4H8O4S.Na.H/c1-8-4(5)2-3-9(6)7;;/h2-3H2,1H3,(H,6,7);;. The van der Waals surface area contributed by atoms with Crippen molar-refractivity contribution in [3.63, 3.8) is 0 Å². The van der Waals surface area contributed by atoms with Gasteiger partial charge in [-0.25, -0.2) is 4.21 Å². The maximum absolute atomic E-state index is 10.2. The Bertz CT molecular complexity index is 126. The Labute approximate surface area is 83.9 Å². The first-order valence-corrected chi connectivity index (χ1v) is 3.58. The van der Waals surface area contributed by atoms with E-state index in [-0.39, 0.29) is 41.7 Å². The molecule has 1 N–H and O–H groups in total. The molecule has 0 aliphatic rings. The number of esters is 1. The fraction of sp³-hybridized carbons (Fsp3) is 0.750. The molecule has 0 aliphatic heterocycles. The van der Waals surface area contributed by atoms with Crippen LogP contribution in [0.4, 0.5) is 0 Å². The number of hydrogen-bond acceptors (Lipinski definition) is 3. The van der Waals surface area contributed by atoms with Crippen LogP contribution in [0.1, 0.15) is 6.42 Å². The van der Waals surface area contributed by atoms with Crippen molar-refractivity contribution in [1.82, 2.24) is 0 Å². The predicted octanol–water partition coefficient (Wildman–Crippen LogP) is -0.877. The summed E-state index contributed by atoms with van der Waals surface area (Å²) in [5.74, 6) is -0.510. The second-order valence-electron chi connectivity index (χ2n) is 1.35. The summed E-state index contributed by atoms with van der Waals surface area (Å²) in [5, 5.41) is 0. The first-order valence-electron chi connectivity index (χ1n) is 2.31. The zero-order valence-electron chi connectivity index (χ0n) is 4.99. The second-order valence-corrected chi connectivity index (χ2v) is 2.40. The van der Waals surface area contributed by atoms with Crippen LogP contribution in [0.25, 0.3) is 0 Å². The molecule has 4 nitrogen and oxygen atoms in total. The van der Waals surface area contributed by atoms with E-state index in [1.165, 1.54) is 7.11 Å². The molecule has 0 radical (unpaired) electrons. The quantitative estimate of drug-likeness (QED) is 0.344. The van der Waals surface area contributed by atoms with Gasteiger partial charge in [0, 0.05) is 0 Å². The number of hydrogen-bond donors (Lipinski definition) is 1. The summed E-state index contributed by atoms with van der Waals surface area (Å²) in [5.41, 5.74) is 0. The Morgan fingerprint density at radius 2 is 2.20 bits per heavy atom. The van der Waals surface area contributed by atoms with Gasteiger partial charge in [0.25, 0.3) is 0 Å². The van der Waals surface area contributed by atoms with Crippen LogP contribution in [-0.4, -0.2) is 57.2 Å². The molecular weight excluding hydrogens is 167 g/mol. The average Bonchev–Trinajstić information content (AvgIpc) is 1.83. The van der Waals surface area contributed by atoms with Gasteiger partial charge in [0.2, 0.25) is 0 Å². The fourth-order valence-electron chi connectivity index (χ4n) is 0.273. The summed E-state index contributed by atoms with van der Waals surface area (Å²) in [4.78, 5) is 10.2. The van der Waals surface area contributed by atoms with Crippen LogP contribution >= 0.6 is 0 Å². The number of carbonyl (C=O) groups is 1. The Balaban J connectivity index is 0. The summed E-state index contributed by atoms with van der Waals surface area (Å²) in [6.45, 7) is 0. The van der Waals surface area contributed by atoms with Crippen LogP contribution in [0, 0.1) is 0 Å². The molecule has 0 heterocycles. The summed E-state index contributed by atoms with van der Waals surface area (Å²) in [6.07, 6.45) is -0.000386. The third-order valence-electron chi connectivity index (χ3n) is 0.708. The Kier molecular flexibility index (Phi) is 10.1. The molecule has 0 saturated heterocycles. The van der Waals surface area contributed by atoms with E-state index in [1.54, 1.807) is 0 Å². The third-order valence-corrected chi connectivity index (χ3v) is 1.26. The van der Waals surface area contributed by atoms with E-state index < -0.39 is 17.0 Å². The summed E-state index contributed by atoms with van der Waals surface area (Å²) in [7, 11) is 1.24. The van der Waals surface area contributed by atoms with Crippen molar-refractivity contribution < 1.29 is 18.3 Å². The number of ether oxygens (including phenoxy) is 1. The molecule has 0 bridgehead atoms. The monoisotopic (exact) mass is 176 g/mol. The van der Waals surface area contributed by atoms with Gasteiger partial charge in [-0.15, -0.1) is 0 Å². The first-order chi connectivity index (χ1) is 4.16. The predicted molar refractivity (Wildman–Crippen MR) is 39.4 cm³/mol. The van der Waals surface area contributed by atoms with E-state index in [2.05, 4.69) is 4.74 Å². The molecule has 0 aromatic heterocycles. The second kappa shape index (κ2) is 7.68. The van der Waals surface area contributed by atoms with Gasteiger partial charge < -0.3 is 9.29 Å². The summed E-state index contributed by atoms with van der Waals surface area (Å²) >= 11 is -1.89. The topological polar surface area (TPSA) is 63.6 Å². The molecule has 0 saturated carbocycles. The van der Waals surface area contributed by atoms with Crippen molar-refractivity contribution in [2.75, 3.05) is 12.9 Å². The van der Waals surface area contributed by atoms with Crippen molar-refractivity contribution in [3.05, 3.63) is 0 Å². The molecule has 0 aromatic rings. The van der Waals surface area contributed by atoms with Gasteiger partial charge >= 0.3 is 35.5 Å². The molecular formula is C4H9NaO4S. The van der Waals surface area contributed by atoms with Crippen molar-refractivity contribution in [2.24, 2.45) is 0 Å². The summed E-state index contributed by atoms with van der Waals surface area (Å²) < 4.78 is 22.3.